The summed E-state index contributed by atoms with van der Waals surface area (Å²) in [6, 6.07) is 6.73. The summed E-state index contributed by atoms with van der Waals surface area (Å²) in [5.41, 5.74) is 0.914. The summed E-state index contributed by atoms with van der Waals surface area (Å²) in [6.07, 6.45) is 6.62. The first kappa shape index (κ1) is 15.6. The predicted octanol–water partition coefficient (Wildman–Crippen LogP) is 2.21. The quantitative estimate of drug-likeness (QED) is 0.853. The van der Waals surface area contributed by atoms with Gasteiger partial charge >= 0.3 is 0 Å². The summed E-state index contributed by atoms with van der Waals surface area (Å²) in [4.78, 5) is 0.322. The van der Waals surface area contributed by atoms with Crippen LogP contribution in [0.4, 0.5) is 0 Å². The largest absolute Gasteiger partial charge is 0.348 e. The summed E-state index contributed by atoms with van der Waals surface area (Å²) in [5.74, 6) is 0. The maximum absolute atomic E-state index is 11.3. The van der Waals surface area contributed by atoms with Gasteiger partial charge in [-0.2, -0.15) is 11.8 Å². The monoisotopic (exact) mass is 314 g/mol. The Morgan fingerprint density at radius 2 is 1.80 bits per heavy atom. The van der Waals surface area contributed by atoms with E-state index in [-0.39, 0.29) is 6.29 Å². The van der Waals surface area contributed by atoms with Gasteiger partial charge in [-0.25, -0.2) is 8.42 Å². The zero-order chi connectivity index (χ0) is 14.6. The number of hydrogen-bond donors (Lipinski definition) is 0. The van der Waals surface area contributed by atoms with Crippen LogP contribution in [0.15, 0.2) is 35.2 Å². The lowest BCUT2D eigenvalue weighted by atomic mass is 10.2. The lowest BCUT2D eigenvalue weighted by molar-refractivity contribution is -0.145. The second-order valence-corrected chi connectivity index (χ2v) is 7.75. The maximum Gasteiger partial charge on any atom is 0.177 e. The Kier molecular flexibility index (Phi) is 5.26. The van der Waals surface area contributed by atoms with Crippen LogP contribution in [0.1, 0.15) is 5.56 Å². The van der Waals surface area contributed by atoms with Crippen LogP contribution >= 0.6 is 11.8 Å². The number of hydrogen-bond acceptors (Lipinski definition) is 5. The van der Waals surface area contributed by atoms with Crippen LogP contribution in [0.3, 0.4) is 0 Å². The molecule has 1 saturated heterocycles. The highest BCUT2D eigenvalue weighted by Crippen LogP contribution is 2.17. The summed E-state index contributed by atoms with van der Waals surface area (Å²) < 4.78 is 33.8. The van der Waals surface area contributed by atoms with Crippen molar-refractivity contribution in [1.29, 1.82) is 0 Å². The molecule has 6 heteroatoms. The molecule has 0 aromatic heterocycles. The molecular weight excluding hydrogens is 296 g/mol. The molecule has 1 fully saturated rings. The van der Waals surface area contributed by atoms with Gasteiger partial charge in [0, 0.05) is 6.26 Å². The Morgan fingerprint density at radius 1 is 1.20 bits per heavy atom. The van der Waals surface area contributed by atoms with Crippen LogP contribution in [0.25, 0.3) is 6.08 Å². The summed E-state index contributed by atoms with van der Waals surface area (Å²) in [5, 5.41) is 0.397. The van der Waals surface area contributed by atoms with Gasteiger partial charge in [-0.05, 0) is 30.0 Å². The van der Waals surface area contributed by atoms with Gasteiger partial charge < -0.3 is 9.47 Å². The summed E-state index contributed by atoms with van der Waals surface area (Å²) in [7, 11) is -3.14. The first-order valence-corrected chi connectivity index (χ1v) is 9.41. The Balaban J connectivity index is 1.95. The van der Waals surface area contributed by atoms with Crippen molar-refractivity contribution in [3.8, 4) is 0 Å². The molecule has 1 aromatic rings. The van der Waals surface area contributed by atoms with E-state index in [0.717, 1.165) is 5.56 Å². The standard InChI is InChI=1S/C14H18O4S2/c1-19-12-9-17-14(18-10-12)8-5-11-3-6-13(7-4-11)20(2,15)16/h3-8,12,14H,9-10H2,1-2H3. The topological polar surface area (TPSA) is 52.6 Å². The number of thioether (sulfide) groups is 1. The molecule has 1 heterocycles. The Hall–Kier alpha value is -0.820. The molecule has 0 bridgehead atoms. The molecule has 0 aliphatic carbocycles. The third kappa shape index (κ3) is 4.34. The van der Waals surface area contributed by atoms with Gasteiger partial charge in [0.2, 0.25) is 0 Å². The number of ether oxygens (including phenoxy) is 2. The van der Waals surface area contributed by atoms with Gasteiger partial charge in [0.05, 0.1) is 23.4 Å². The van der Waals surface area contributed by atoms with E-state index >= 15 is 0 Å². The van der Waals surface area contributed by atoms with E-state index in [1.165, 1.54) is 6.26 Å². The Labute approximate surface area is 124 Å². The molecule has 0 unspecified atom stereocenters. The molecule has 1 aromatic carbocycles. The van der Waals surface area contributed by atoms with Crippen molar-refractivity contribution < 1.29 is 17.9 Å². The van der Waals surface area contributed by atoms with Crippen LogP contribution < -0.4 is 0 Å². The molecule has 0 N–H and O–H groups in total. The first-order chi connectivity index (χ1) is 9.49. The second kappa shape index (κ2) is 6.76. The minimum absolute atomic E-state index is 0.322. The van der Waals surface area contributed by atoms with E-state index in [1.807, 2.05) is 18.4 Å². The van der Waals surface area contributed by atoms with Crippen molar-refractivity contribution in [3.63, 3.8) is 0 Å². The molecule has 1 aliphatic rings. The van der Waals surface area contributed by atoms with Gasteiger partial charge in [0.15, 0.2) is 16.1 Å². The third-order valence-corrected chi connectivity index (χ3v) is 5.05. The second-order valence-electron chi connectivity index (χ2n) is 4.59. The minimum atomic E-state index is -3.14. The molecule has 20 heavy (non-hydrogen) atoms. The van der Waals surface area contributed by atoms with Crippen molar-refractivity contribution in [2.75, 3.05) is 25.7 Å². The van der Waals surface area contributed by atoms with Gasteiger partial charge in [-0.3, -0.25) is 0 Å². The van der Waals surface area contributed by atoms with Crippen LogP contribution in [-0.2, 0) is 19.3 Å². The Bertz CT molecular complexity index is 555. The highest BCUT2D eigenvalue weighted by Gasteiger charge is 2.19. The molecule has 0 spiro atoms. The zero-order valence-electron chi connectivity index (χ0n) is 11.5. The van der Waals surface area contributed by atoms with E-state index < -0.39 is 9.84 Å². The fraction of sp³-hybridized carbons (Fsp3) is 0.429. The maximum atomic E-state index is 11.3. The van der Waals surface area contributed by atoms with Gasteiger partial charge in [-0.15, -0.1) is 0 Å². The molecule has 110 valence electrons. The van der Waals surface area contributed by atoms with Gasteiger partial charge in [-0.1, -0.05) is 18.2 Å². The predicted molar refractivity (Wildman–Crippen MR) is 81.6 cm³/mol. The number of rotatable bonds is 4. The van der Waals surface area contributed by atoms with E-state index in [0.29, 0.717) is 23.4 Å². The SMILES string of the molecule is CSC1COC(C=Cc2ccc(S(C)(=O)=O)cc2)OC1. The van der Waals surface area contributed by atoms with Crippen molar-refractivity contribution in [3.05, 3.63) is 35.9 Å². The van der Waals surface area contributed by atoms with Crippen molar-refractivity contribution >= 4 is 27.7 Å². The number of sulfone groups is 1. The highest BCUT2D eigenvalue weighted by atomic mass is 32.2. The summed E-state index contributed by atoms with van der Waals surface area (Å²) in [6.45, 7) is 1.37. The molecule has 1 aliphatic heterocycles. The molecule has 2 rings (SSSR count). The highest BCUT2D eigenvalue weighted by molar-refractivity contribution is 7.99. The molecule has 0 amide bonds. The molecule has 0 radical (unpaired) electrons. The number of benzene rings is 1. The average Bonchev–Trinajstić information content (AvgIpc) is 2.45. The lowest BCUT2D eigenvalue weighted by Crippen LogP contribution is -2.32. The first-order valence-electron chi connectivity index (χ1n) is 6.23. The van der Waals surface area contributed by atoms with E-state index in [9.17, 15) is 8.42 Å². The fourth-order valence-corrected chi connectivity index (χ4v) is 2.82. The molecule has 0 saturated carbocycles. The van der Waals surface area contributed by atoms with E-state index in [2.05, 4.69) is 0 Å². The summed E-state index contributed by atoms with van der Waals surface area (Å²) >= 11 is 1.74. The van der Waals surface area contributed by atoms with Crippen molar-refractivity contribution in [2.45, 2.75) is 16.4 Å². The fourth-order valence-electron chi connectivity index (χ4n) is 1.76. The molecule has 4 nitrogen and oxygen atoms in total. The Morgan fingerprint density at radius 3 is 2.30 bits per heavy atom. The van der Waals surface area contributed by atoms with Crippen LogP contribution in [0.2, 0.25) is 0 Å². The molecule has 0 atom stereocenters. The third-order valence-electron chi connectivity index (χ3n) is 2.98. The average molecular weight is 314 g/mol. The lowest BCUT2D eigenvalue weighted by Gasteiger charge is -2.26. The van der Waals surface area contributed by atoms with Crippen LogP contribution in [-0.4, -0.2) is 45.7 Å². The van der Waals surface area contributed by atoms with E-state index in [1.54, 1.807) is 36.0 Å². The van der Waals surface area contributed by atoms with Crippen LogP contribution in [0, 0.1) is 0 Å². The van der Waals surface area contributed by atoms with Crippen molar-refractivity contribution in [2.24, 2.45) is 0 Å². The van der Waals surface area contributed by atoms with Crippen LogP contribution in [0.5, 0.6) is 0 Å². The van der Waals surface area contributed by atoms with Crippen molar-refractivity contribution in [1.82, 2.24) is 0 Å². The van der Waals surface area contributed by atoms with E-state index in [4.69, 9.17) is 9.47 Å². The van der Waals surface area contributed by atoms with Gasteiger partial charge in [0.25, 0.3) is 0 Å². The minimum Gasteiger partial charge on any atom is -0.348 e. The smallest absolute Gasteiger partial charge is 0.177 e. The normalized spacial score (nSPS) is 24.1. The zero-order valence-corrected chi connectivity index (χ0v) is 13.1. The van der Waals surface area contributed by atoms with Gasteiger partial charge in [0.1, 0.15) is 0 Å². The molecular formula is C14H18O4S2.